The molecular weight excluding hydrogens is 664 g/mol. The molecule has 11 heteroatoms. The first-order chi connectivity index (χ1) is 24.8. The van der Waals surface area contributed by atoms with Gasteiger partial charge in [-0.2, -0.15) is 0 Å². The van der Waals surface area contributed by atoms with Crippen LogP contribution in [0.2, 0.25) is 5.02 Å². The van der Waals surface area contributed by atoms with E-state index in [2.05, 4.69) is 26.9 Å². The number of fused-ring (bicyclic) bond motifs is 1. The second-order valence-electron chi connectivity index (χ2n) is 14.4. The highest BCUT2D eigenvalue weighted by atomic mass is 35.5. The minimum atomic E-state index is -0.885. The highest BCUT2D eigenvalue weighted by Gasteiger charge is 2.54. The Bertz CT molecular complexity index is 1740. The van der Waals surface area contributed by atoms with Crippen LogP contribution in [0.1, 0.15) is 61.6 Å². The third-order valence-corrected chi connectivity index (χ3v) is 11.6. The van der Waals surface area contributed by atoms with Crippen LogP contribution < -0.4 is 20.9 Å². The molecule has 3 heterocycles. The van der Waals surface area contributed by atoms with Gasteiger partial charge >= 0.3 is 0 Å². The van der Waals surface area contributed by atoms with Crippen LogP contribution in [0.3, 0.4) is 0 Å². The Morgan fingerprint density at radius 1 is 0.882 bits per heavy atom. The van der Waals surface area contributed by atoms with E-state index in [9.17, 15) is 19.2 Å². The van der Waals surface area contributed by atoms with Crippen molar-refractivity contribution in [1.29, 1.82) is 0 Å². The number of carbonyl (C=O) groups excluding carboxylic acids is 4. The summed E-state index contributed by atoms with van der Waals surface area (Å²) in [4.78, 5) is 61.1. The normalized spacial score (nSPS) is 20.9. The van der Waals surface area contributed by atoms with Gasteiger partial charge in [0, 0.05) is 42.8 Å². The quantitative estimate of drug-likeness (QED) is 0.307. The van der Waals surface area contributed by atoms with Gasteiger partial charge in [0.2, 0.25) is 17.7 Å². The van der Waals surface area contributed by atoms with Crippen molar-refractivity contribution >= 4 is 40.9 Å². The lowest BCUT2D eigenvalue weighted by molar-refractivity contribution is -0.141. The van der Waals surface area contributed by atoms with Crippen molar-refractivity contribution in [2.24, 2.45) is 0 Å². The molecule has 4 aliphatic rings. The van der Waals surface area contributed by atoms with E-state index in [1.54, 1.807) is 15.9 Å². The van der Waals surface area contributed by atoms with E-state index in [-0.39, 0.29) is 42.6 Å². The van der Waals surface area contributed by atoms with Gasteiger partial charge in [-0.1, -0.05) is 91.5 Å². The van der Waals surface area contributed by atoms with E-state index in [1.807, 2.05) is 66.7 Å². The van der Waals surface area contributed by atoms with Crippen LogP contribution in [0.15, 0.2) is 78.9 Å². The van der Waals surface area contributed by atoms with Gasteiger partial charge in [-0.05, 0) is 67.0 Å². The number of halogens is 1. The average molecular weight is 711 g/mol. The Balaban J connectivity index is 1.07. The molecule has 1 saturated carbocycles. The van der Waals surface area contributed by atoms with Crippen LogP contribution in [-0.4, -0.2) is 83.4 Å². The lowest BCUT2D eigenvalue weighted by Gasteiger charge is -2.44. The molecule has 1 aliphatic carbocycles. The van der Waals surface area contributed by atoms with Crippen LogP contribution in [-0.2, 0) is 38.6 Å². The standard InChI is InChI=1S/C40H47ClN6O4/c41-33-18-10-9-12-29(33)24-35(44-37(49)34-23-28-11-7-8-13-30(28)25-42-34)38(50)45-21-19-40(20-22-45)39(51)46(27-47(40)32-16-5-2-6-17-32)26-36(48)43-31-14-3-1-4-15-31/h2,5-13,16-18,31,34-35,42H,1,3-4,14-15,19-27H2,(H,43,48)(H,44,49). The third kappa shape index (κ3) is 7.62. The smallest absolute Gasteiger partial charge is 0.250 e. The number of nitrogens with zero attached hydrogens (tertiary/aromatic N) is 3. The summed E-state index contributed by atoms with van der Waals surface area (Å²) < 4.78 is 0. The van der Waals surface area contributed by atoms with Gasteiger partial charge in [0.05, 0.1) is 12.7 Å². The fourth-order valence-electron chi connectivity index (χ4n) is 8.33. The van der Waals surface area contributed by atoms with Crippen LogP contribution in [0.25, 0.3) is 0 Å². The highest BCUT2D eigenvalue weighted by molar-refractivity contribution is 6.31. The van der Waals surface area contributed by atoms with E-state index < -0.39 is 17.6 Å². The van der Waals surface area contributed by atoms with Gasteiger partial charge in [0.1, 0.15) is 18.1 Å². The fourth-order valence-corrected chi connectivity index (χ4v) is 8.54. The van der Waals surface area contributed by atoms with Crippen LogP contribution in [0.5, 0.6) is 0 Å². The van der Waals surface area contributed by atoms with E-state index in [0.29, 0.717) is 50.6 Å². The Morgan fingerprint density at radius 3 is 2.31 bits per heavy atom. The molecule has 7 rings (SSSR count). The maximum Gasteiger partial charge on any atom is 0.250 e. The first-order valence-corrected chi connectivity index (χ1v) is 18.7. The zero-order chi connectivity index (χ0) is 35.4. The summed E-state index contributed by atoms with van der Waals surface area (Å²) >= 11 is 6.55. The topological polar surface area (TPSA) is 114 Å². The number of likely N-dealkylation sites (tertiary alicyclic amines) is 1. The fraction of sp³-hybridized carbons (Fsp3) is 0.450. The van der Waals surface area contributed by atoms with Gasteiger partial charge in [0.15, 0.2) is 0 Å². The maximum absolute atomic E-state index is 14.4. The molecule has 2 atom stereocenters. The summed E-state index contributed by atoms with van der Waals surface area (Å²) in [5.74, 6) is -0.634. The van der Waals surface area contributed by atoms with Crippen LogP contribution in [0, 0.1) is 0 Å². The molecule has 3 aromatic rings. The summed E-state index contributed by atoms with van der Waals surface area (Å²) in [6.07, 6.45) is 6.97. The van der Waals surface area contributed by atoms with Gasteiger partial charge in [0.25, 0.3) is 5.91 Å². The molecule has 1 spiro atoms. The second kappa shape index (κ2) is 15.5. The van der Waals surface area contributed by atoms with E-state index in [0.717, 1.165) is 42.5 Å². The zero-order valence-electron chi connectivity index (χ0n) is 29.0. The van der Waals surface area contributed by atoms with Crippen LogP contribution >= 0.6 is 11.6 Å². The molecule has 2 unspecified atom stereocenters. The highest BCUT2D eigenvalue weighted by Crippen LogP contribution is 2.39. The average Bonchev–Trinajstić information content (AvgIpc) is 3.41. The molecule has 3 aromatic carbocycles. The number of anilines is 1. The molecule has 51 heavy (non-hydrogen) atoms. The summed E-state index contributed by atoms with van der Waals surface area (Å²) in [7, 11) is 0. The third-order valence-electron chi connectivity index (χ3n) is 11.2. The number of carbonyl (C=O) groups is 4. The Morgan fingerprint density at radius 2 is 1.57 bits per heavy atom. The lowest BCUT2D eigenvalue weighted by atomic mass is 9.85. The number of nitrogens with one attached hydrogen (secondary N) is 3. The zero-order valence-corrected chi connectivity index (χ0v) is 29.7. The van der Waals surface area contributed by atoms with Gasteiger partial charge in [-0.15, -0.1) is 0 Å². The summed E-state index contributed by atoms with van der Waals surface area (Å²) in [6, 6.07) is 24.1. The van der Waals surface area contributed by atoms with E-state index in [4.69, 9.17) is 11.6 Å². The predicted octanol–water partition coefficient (Wildman–Crippen LogP) is 4.20. The minimum absolute atomic E-state index is 0.00861. The first-order valence-electron chi connectivity index (χ1n) is 18.3. The minimum Gasteiger partial charge on any atom is -0.352 e. The number of hydrogen-bond donors (Lipinski definition) is 3. The van der Waals surface area contributed by atoms with E-state index in [1.165, 1.54) is 12.0 Å². The summed E-state index contributed by atoms with van der Waals surface area (Å²) in [6.45, 7) is 1.56. The SMILES string of the molecule is O=C(CN1CN(c2ccccc2)C2(CCN(C(=O)C(Cc3ccccc3Cl)NC(=O)C3Cc4ccccc4CN3)CC2)C1=O)NC1CCCCC1. The molecule has 2 saturated heterocycles. The second-order valence-corrected chi connectivity index (χ2v) is 14.8. The first kappa shape index (κ1) is 35.0. The lowest BCUT2D eigenvalue weighted by Crippen LogP contribution is -2.60. The van der Waals surface area contributed by atoms with Crippen LogP contribution in [0.4, 0.5) is 5.69 Å². The van der Waals surface area contributed by atoms with Gasteiger partial charge < -0.3 is 30.7 Å². The summed E-state index contributed by atoms with van der Waals surface area (Å²) in [5, 5.41) is 10.1. The number of piperidine rings is 1. The number of para-hydroxylation sites is 1. The molecule has 3 N–H and O–H groups in total. The van der Waals surface area contributed by atoms with Crippen molar-refractivity contribution in [1.82, 2.24) is 25.8 Å². The van der Waals surface area contributed by atoms with Crippen molar-refractivity contribution in [3.05, 3.63) is 101 Å². The van der Waals surface area contributed by atoms with Crippen molar-refractivity contribution in [3.8, 4) is 0 Å². The Labute approximate surface area is 304 Å². The monoisotopic (exact) mass is 710 g/mol. The Hall–Kier alpha value is -4.41. The molecule has 3 fully saturated rings. The molecule has 3 aliphatic heterocycles. The molecule has 0 bridgehead atoms. The molecule has 0 radical (unpaired) electrons. The Kier molecular flexibility index (Phi) is 10.6. The van der Waals surface area contributed by atoms with Gasteiger partial charge in [-0.3, -0.25) is 19.2 Å². The molecular formula is C40H47ClN6O4. The van der Waals surface area contributed by atoms with Crippen molar-refractivity contribution in [2.75, 3.05) is 31.2 Å². The van der Waals surface area contributed by atoms with Crippen molar-refractivity contribution in [3.63, 3.8) is 0 Å². The van der Waals surface area contributed by atoms with Crippen molar-refractivity contribution in [2.45, 2.75) is 88.0 Å². The number of hydrogen-bond acceptors (Lipinski definition) is 6. The number of amides is 4. The van der Waals surface area contributed by atoms with Crippen molar-refractivity contribution < 1.29 is 19.2 Å². The number of benzene rings is 3. The van der Waals surface area contributed by atoms with Gasteiger partial charge in [-0.25, -0.2) is 0 Å². The molecule has 4 amide bonds. The maximum atomic E-state index is 14.4. The molecule has 268 valence electrons. The molecule has 0 aromatic heterocycles. The molecule has 10 nitrogen and oxygen atoms in total. The predicted molar refractivity (Wildman–Crippen MR) is 197 cm³/mol. The number of rotatable bonds is 9. The largest absolute Gasteiger partial charge is 0.352 e. The van der Waals surface area contributed by atoms with E-state index >= 15 is 0 Å². The summed E-state index contributed by atoms with van der Waals surface area (Å²) in [5.41, 5.74) is 3.09.